The number of nitrogens with zero attached hydrogens (tertiary/aromatic N) is 1. The largest absolute Gasteiger partial charge is 0.352 e. The van der Waals surface area contributed by atoms with Crippen LogP contribution in [0.3, 0.4) is 0 Å². The Balaban J connectivity index is 2.70. The van der Waals surface area contributed by atoms with Gasteiger partial charge >= 0.3 is 0 Å². The standard InChI is InChI=1S/C13H17FN2O3/c1-9(2)4-3-7-15-13(17)11-8-10(14)5-6-12(11)16(18)19/h5-6,8-9H,3-4,7H2,1-2H3,(H,15,17). The lowest BCUT2D eigenvalue weighted by molar-refractivity contribution is -0.385. The van der Waals surface area contributed by atoms with Gasteiger partial charge in [-0.25, -0.2) is 4.39 Å². The van der Waals surface area contributed by atoms with Crippen LogP contribution in [0.5, 0.6) is 0 Å². The first-order valence-electron chi connectivity index (χ1n) is 6.14. The molecule has 1 N–H and O–H groups in total. The van der Waals surface area contributed by atoms with Crippen LogP contribution in [0.4, 0.5) is 10.1 Å². The molecule has 0 spiro atoms. The topological polar surface area (TPSA) is 72.2 Å². The van der Waals surface area contributed by atoms with Crippen LogP contribution >= 0.6 is 0 Å². The Bertz CT molecular complexity index is 475. The molecule has 0 atom stereocenters. The van der Waals surface area contributed by atoms with E-state index < -0.39 is 16.6 Å². The van der Waals surface area contributed by atoms with Crippen molar-refractivity contribution in [2.75, 3.05) is 6.54 Å². The number of hydrogen-bond acceptors (Lipinski definition) is 3. The van der Waals surface area contributed by atoms with Crippen molar-refractivity contribution >= 4 is 11.6 Å². The zero-order valence-corrected chi connectivity index (χ0v) is 11.0. The summed E-state index contributed by atoms with van der Waals surface area (Å²) in [4.78, 5) is 21.9. The minimum Gasteiger partial charge on any atom is -0.352 e. The second kappa shape index (κ2) is 6.82. The lowest BCUT2D eigenvalue weighted by Gasteiger charge is -2.07. The van der Waals surface area contributed by atoms with E-state index in [-0.39, 0.29) is 11.3 Å². The smallest absolute Gasteiger partial charge is 0.282 e. The van der Waals surface area contributed by atoms with Gasteiger partial charge in [-0.05, 0) is 30.9 Å². The summed E-state index contributed by atoms with van der Waals surface area (Å²) in [6.07, 6.45) is 1.73. The van der Waals surface area contributed by atoms with Gasteiger partial charge in [-0.15, -0.1) is 0 Å². The molecular formula is C13H17FN2O3. The summed E-state index contributed by atoms with van der Waals surface area (Å²) >= 11 is 0. The molecule has 0 saturated carbocycles. The fourth-order valence-electron chi connectivity index (χ4n) is 1.66. The average Bonchev–Trinajstić information content (AvgIpc) is 2.33. The van der Waals surface area contributed by atoms with Crippen molar-refractivity contribution in [3.63, 3.8) is 0 Å². The van der Waals surface area contributed by atoms with Crippen molar-refractivity contribution in [1.29, 1.82) is 0 Å². The molecular weight excluding hydrogens is 251 g/mol. The van der Waals surface area contributed by atoms with Gasteiger partial charge in [-0.2, -0.15) is 0 Å². The highest BCUT2D eigenvalue weighted by molar-refractivity contribution is 5.98. The van der Waals surface area contributed by atoms with Gasteiger partial charge in [0.2, 0.25) is 0 Å². The third-order valence-electron chi connectivity index (χ3n) is 2.64. The summed E-state index contributed by atoms with van der Waals surface area (Å²) in [7, 11) is 0. The Hall–Kier alpha value is -1.98. The SMILES string of the molecule is CC(C)CCCNC(=O)c1cc(F)ccc1[N+](=O)[O-]. The van der Waals surface area contributed by atoms with Crippen LogP contribution in [0.2, 0.25) is 0 Å². The molecule has 0 radical (unpaired) electrons. The van der Waals surface area contributed by atoms with Gasteiger partial charge in [0.25, 0.3) is 11.6 Å². The predicted octanol–water partition coefficient (Wildman–Crippen LogP) is 2.90. The summed E-state index contributed by atoms with van der Waals surface area (Å²) in [5.74, 6) is -0.756. The van der Waals surface area contributed by atoms with E-state index >= 15 is 0 Å². The number of carbonyl (C=O) groups excluding carboxylic acids is 1. The van der Waals surface area contributed by atoms with E-state index in [0.29, 0.717) is 12.5 Å². The third kappa shape index (κ3) is 4.65. The Morgan fingerprint density at radius 1 is 1.47 bits per heavy atom. The van der Waals surface area contributed by atoms with Gasteiger partial charge in [0, 0.05) is 12.6 Å². The predicted molar refractivity (Wildman–Crippen MR) is 69.5 cm³/mol. The average molecular weight is 268 g/mol. The monoisotopic (exact) mass is 268 g/mol. The van der Waals surface area contributed by atoms with E-state index in [1.54, 1.807) is 0 Å². The normalized spacial score (nSPS) is 10.5. The number of nitrogens with one attached hydrogen (secondary N) is 1. The molecule has 6 heteroatoms. The molecule has 0 aromatic heterocycles. The van der Waals surface area contributed by atoms with Crippen LogP contribution in [-0.2, 0) is 0 Å². The van der Waals surface area contributed by atoms with Crippen LogP contribution in [-0.4, -0.2) is 17.4 Å². The van der Waals surface area contributed by atoms with Crippen molar-refractivity contribution in [2.24, 2.45) is 5.92 Å². The van der Waals surface area contributed by atoms with E-state index in [9.17, 15) is 19.3 Å². The zero-order valence-electron chi connectivity index (χ0n) is 11.0. The fraction of sp³-hybridized carbons (Fsp3) is 0.462. The van der Waals surface area contributed by atoms with Gasteiger partial charge < -0.3 is 5.32 Å². The number of nitro benzene ring substituents is 1. The molecule has 0 aliphatic heterocycles. The van der Waals surface area contributed by atoms with Gasteiger partial charge in [0.1, 0.15) is 11.4 Å². The minimum atomic E-state index is -0.692. The van der Waals surface area contributed by atoms with Crippen LogP contribution in [0.15, 0.2) is 18.2 Å². The van der Waals surface area contributed by atoms with Crippen molar-refractivity contribution in [1.82, 2.24) is 5.32 Å². The van der Waals surface area contributed by atoms with Gasteiger partial charge in [0.15, 0.2) is 0 Å². The van der Waals surface area contributed by atoms with Crippen LogP contribution in [0.1, 0.15) is 37.0 Å². The van der Waals surface area contributed by atoms with E-state index in [1.807, 2.05) is 0 Å². The van der Waals surface area contributed by atoms with E-state index in [4.69, 9.17) is 0 Å². The summed E-state index contributed by atoms with van der Waals surface area (Å²) in [5.41, 5.74) is -0.627. The molecule has 5 nitrogen and oxygen atoms in total. The quantitative estimate of drug-likeness (QED) is 0.490. The molecule has 0 fully saturated rings. The highest BCUT2D eigenvalue weighted by atomic mass is 19.1. The molecule has 1 aromatic carbocycles. The van der Waals surface area contributed by atoms with Gasteiger partial charge in [0.05, 0.1) is 4.92 Å². The Labute approximate surface area is 111 Å². The second-order valence-electron chi connectivity index (χ2n) is 4.71. The van der Waals surface area contributed by atoms with Crippen LogP contribution < -0.4 is 5.32 Å². The number of hydrogen-bond donors (Lipinski definition) is 1. The maximum Gasteiger partial charge on any atom is 0.282 e. The molecule has 1 rings (SSSR count). The number of rotatable bonds is 6. The molecule has 0 aliphatic rings. The lowest BCUT2D eigenvalue weighted by Crippen LogP contribution is -2.25. The fourth-order valence-corrected chi connectivity index (χ4v) is 1.66. The van der Waals surface area contributed by atoms with Gasteiger partial charge in [-0.1, -0.05) is 13.8 Å². The molecule has 1 aromatic rings. The molecule has 0 unspecified atom stereocenters. The Kier molecular flexibility index (Phi) is 5.41. The highest BCUT2D eigenvalue weighted by Crippen LogP contribution is 2.19. The zero-order chi connectivity index (χ0) is 14.4. The van der Waals surface area contributed by atoms with E-state index in [1.165, 1.54) is 0 Å². The third-order valence-corrected chi connectivity index (χ3v) is 2.64. The number of benzene rings is 1. The number of nitro groups is 1. The Morgan fingerprint density at radius 3 is 2.74 bits per heavy atom. The summed E-state index contributed by atoms with van der Waals surface area (Å²) in [6.45, 7) is 4.56. The number of carbonyl (C=O) groups is 1. The number of amides is 1. The maximum absolute atomic E-state index is 13.1. The van der Waals surface area contributed by atoms with Crippen molar-refractivity contribution in [2.45, 2.75) is 26.7 Å². The first kappa shape index (κ1) is 15.1. The summed E-state index contributed by atoms with van der Waals surface area (Å²) < 4.78 is 13.1. The Morgan fingerprint density at radius 2 is 2.16 bits per heavy atom. The minimum absolute atomic E-state index is 0.241. The van der Waals surface area contributed by atoms with E-state index in [0.717, 1.165) is 31.0 Å². The molecule has 19 heavy (non-hydrogen) atoms. The molecule has 0 bridgehead atoms. The summed E-state index contributed by atoms with van der Waals surface area (Å²) in [6, 6.07) is 2.85. The molecule has 0 aliphatic carbocycles. The van der Waals surface area contributed by atoms with E-state index in [2.05, 4.69) is 19.2 Å². The molecule has 104 valence electrons. The van der Waals surface area contributed by atoms with Crippen molar-refractivity contribution < 1.29 is 14.1 Å². The molecule has 1 amide bonds. The summed E-state index contributed by atoms with van der Waals surface area (Å²) in [5, 5.41) is 13.3. The number of halogens is 1. The first-order chi connectivity index (χ1) is 8.91. The highest BCUT2D eigenvalue weighted by Gasteiger charge is 2.20. The maximum atomic E-state index is 13.1. The first-order valence-corrected chi connectivity index (χ1v) is 6.14. The molecule has 0 heterocycles. The van der Waals surface area contributed by atoms with Crippen LogP contribution in [0, 0.1) is 21.8 Å². The van der Waals surface area contributed by atoms with Crippen molar-refractivity contribution in [3.8, 4) is 0 Å². The lowest BCUT2D eigenvalue weighted by atomic mass is 10.1. The van der Waals surface area contributed by atoms with Crippen LogP contribution in [0.25, 0.3) is 0 Å². The molecule has 0 saturated heterocycles. The van der Waals surface area contributed by atoms with Crippen molar-refractivity contribution in [3.05, 3.63) is 39.7 Å². The second-order valence-corrected chi connectivity index (χ2v) is 4.71. The van der Waals surface area contributed by atoms with Gasteiger partial charge in [-0.3, -0.25) is 14.9 Å².